The number of anilines is 1. The van der Waals surface area contributed by atoms with Gasteiger partial charge in [-0.15, -0.1) is 0 Å². The second kappa shape index (κ2) is 7.82. The number of carbonyl (C=O) groups excluding carboxylic acids is 1. The van der Waals surface area contributed by atoms with Crippen LogP contribution in [0.2, 0.25) is 0 Å². The van der Waals surface area contributed by atoms with Gasteiger partial charge in [0.15, 0.2) is 0 Å². The Morgan fingerprint density at radius 3 is 3.19 bits per heavy atom. The Bertz CT molecular complexity index is 886. The van der Waals surface area contributed by atoms with Crippen molar-refractivity contribution in [2.24, 2.45) is 0 Å². The molecule has 7 heteroatoms. The monoisotopic (exact) mass is 367 g/mol. The Morgan fingerprint density at radius 1 is 1.44 bits per heavy atom. The highest BCUT2D eigenvalue weighted by Crippen LogP contribution is 2.27. The number of aromatic nitrogens is 3. The summed E-state index contributed by atoms with van der Waals surface area (Å²) in [6.45, 7) is 4.23. The number of H-pyrrole nitrogens is 1. The van der Waals surface area contributed by atoms with Gasteiger partial charge >= 0.3 is 0 Å². The zero-order valence-corrected chi connectivity index (χ0v) is 15.6. The van der Waals surface area contributed by atoms with Crippen LogP contribution < -0.4 is 5.32 Å². The van der Waals surface area contributed by atoms with E-state index < -0.39 is 0 Å². The molecule has 2 aliphatic heterocycles. The molecule has 1 atom stereocenters. The molecule has 27 heavy (non-hydrogen) atoms. The molecule has 0 bridgehead atoms. The maximum atomic E-state index is 12.0. The van der Waals surface area contributed by atoms with Crippen LogP contribution in [-0.4, -0.2) is 51.5 Å². The van der Waals surface area contributed by atoms with Crippen molar-refractivity contribution in [3.8, 4) is 0 Å². The molecular weight excluding hydrogens is 342 g/mol. The number of piperidine rings is 1. The van der Waals surface area contributed by atoms with Gasteiger partial charge in [0.25, 0.3) is 0 Å². The third-order valence-corrected chi connectivity index (χ3v) is 5.14. The first-order valence-electron chi connectivity index (χ1n) is 9.59. The molecule has 0 unspecified atom stereocenters. The maximum absolute atomic E-state index is 12.0. The van der Waals surface area contributed by atoms with Crippen molar-refractivity contribution in [2.75, 3.05) is 25.0 Å². The lowest BCUT2D eigenvalue weighted by atomic mass is 10.0. The first kappa shape index (κ1) is 17.6. The molecule has 2 N–H and O–H groups in total. The quantitative estimate of drug-likeness (QED) is 0.848. The normalized spacial score (nSPS) is 20.1. The van der Waals surface area contributed by atoms with Gasteiger partial charge in [-0.2, -0.15) is 0 Å². The van der Waals surface area contributed by atoms with Crippen molar-refractivity contribution in [1.29, 1.82) is 0 Å². The third kappa shape index (κ3) is 3.82. The average Bonchev–Trinajstić information content (AvgIpc) is 3.36. The minimum absolute atomic E-state index is 0.199. The second-order valence-corrected chi connectivity index (χ2v) is 7.01. The van der Waals surface area contributed by atoms with E-state index in [4.69, 9.17) is 4.74 Å². The van der Waals surface area contributed by atoms with Gasteiger partial charge in [0, 0.05) is 43.7 Å². The molecule has 142 valence electrons. The fourth-order valence-electron chi connectivity index (χ4n) is 3.69. The number of hydrogen-bond acceptors (Lipinski definition) is 5. The van der Waals surface area contributed by atoms with Gasteiger partial charge in [-0.3, -0.25) is 4.79 Å². The Morgan fingerprint density at radius 2 is 2.37 bits per heavy atom. The predicted molar refractivity (Wildman–Crippen MR) is 105 cm³/mol. The van der Waals surface area contributed by atoms with E-state index in [1.807, 2.05) is 24.3 Å². The summed E-state index contributed by atoms with van der Waals surface area (Å²) >= 11 is 0. The van der Waals surface area contributed by atoms with E-state index in [0.29, 0.717) is 6.42 Å². The van der Waals surface area contributed by atoms with Gasteiger partial charge in [0.05, 0.1) is 18.3 Å². The van der Waals surface area contributed by atoms with Gasteiger partial charge in [-0.05, 0) is 18.4 Å². The summed E-state index contributed by atoms with van der Waals surface area (Å²) < 4.78 is 5.29. The van der Waals surface area contributed by atoms with Crippen LogP contribution in [-0.2, 0) is 9.53 Å². The summed E-state index contributed by atoms with van der Waals surface area (Å²) in [5, 5.41) is 4.53. The number of hydrogen-bond donors (Lipinski definition) is 2. The van der Waals surface area contributed by atoms with Crippen molar-refractivity contribution < 1.29 is 9.53 Å². The first-order valence-corrected chi connectivity index (χ1v) is 9.59. The lowest BCUT2D eigenvalue weighted by Gasteiger charge is -2.33. The molecule has 2 aliphatic rings. The number of nitrogens with one attached hydrogen (secondary N) is 2. The van der Waals surface area contributed by atoms with Crippen LogP contribution in [0.15, 0.2) is 30.4 Å². The first-order chi connectivity index (χ1) is 13.2. The summed E-state index contributed by atoms with van der Waals surface area (Å²) in [4.78, 5) is 26.0. The van der Waals surface area contributed by atoms with Gasteiger partial charge in [0.1, 0.15) is 17.8 Å². The smallest absolute Gasteiger partial charge is 0.222 e. The highest BCUT2D eigenvalue weighted by atomic mass is 16.5. The van der Waals surface area contributed by atoms with Crippen LogP contribution in [0.4, 0.5) is 5.82 Å². The molecule has 4 heterocycles. The number of carbonyl (C=O) groups is 1. The molecule has 0 saturated carbocycles. The SMILES string of the molecule is CCC(=O)N1CCC[C@@H](Nc2ncnc3[nH]cc(/C=C/C4=COCC4)c23)C1. The summed E-state index contributed by atoms with van der Waals surface area (Å²) in [6.07, 6.45) is 13.0. The van der Waals surface area contributed by atoms with Crippen LogP contribution in [0.3, 0.4) is 0 Å². The Kier molecular flexibility index (Phi) is 5.09. The summed E-state index contributed by atoms with van der Waals surface area (Å²) in [5.41, 5.74) is 3.02. The molecule has 0 aromatic carbocycles. The number of likely N-dealkylation sites (tertiary alicyclic amines) is 1. The molecule has 2 aromatic heterocycles. The highest BCUT2D eigenvalue weighted by molar-refractivity contribution is 5.95. The molecule has 1 saturated heterocycles. The Hall–Kier alpha value is -2.83. The van der Waals surface area contributed by atoms with Crippen molar-refractivity contribution in [3.05, 3.63) is 36.0 Å². The number of fused-ring (bicyclic) bond motifs is 1. The molecule has 0 spiro atoms. The lowest BCUT2D eigenvalue weighted by Crippen LogP contribution is -2.45. The zero-order chi connectivity index (χ0) is 18.6. The Labute approximate surface area is 158 Å². The van der Waals surface area contributed by atoms with Crippen molar-refractivity contribution in [3.63, 3.8) is 0 Å². The zero-order valence-electron chi connectivity index (χ0n) is 15.6. The fourth-order valence-corrected chi connectivity index (χ4v) is 3.69. The number of amides is 1. The van der Waals surface area contributed by atoms with E-state index >= 15 is 0 Å². The molecule has 7 nitrogen and oxygen atoms in total. The summed E-state index contributed by atoms with van der Waals surface area (Å²) in [5.74, 6) is 1.03. The van der Waals surface area contributed by atoms with Crippen molar-refractivity contribution in [2.45, 2.75) is 38.6 Å². The molecule has 2 aromatic rings. The maximum Gasteiger partial charge on any atom is 0.222 e. The van der Waals surface area contributed by atoms with Gasteiger partial charge in [-0.1, -0.05) is 19.1 Å². The van der Waals surface area contributed by atoms with E-state index in [9.17, 15) is 4.79 Å². The number of ether oxygens (including phenoxy) is 1. The van der Waals surface area contributed by atoms with Crippen LogP contribution in [0.25, 0.3) is 17.1 Å². The number of nitrogens with zero attached hydrogens (tertiary/aromatic N) is 3. The predicted octanol–water partition coefficient (Wildman–Crippen LogP) is 3.09. The van der Waals surface area contributed by atoms with E-state index in [2.05, 4.69) is 32.4 Å². The van der Waals surface area contributed by atoms with Gasteiger partial charge in [0.2, 0.25) is 5.91 Å². The topological polar surface area (TPSA) is 83.1 Å². The summed E-state index contributed by atoms with van der Waals surface area (Å²) in [7, 11) is 0. The van der Waals surface area contributed by atoms with Crippen LogP contribution in [0, 0.1) is 0 Å². The number of aromatic amines is 1. The molecule has 0 aliphatic carbocycles. The van der Waals surface area contributed by atoms with Crippen molar-refractivity contribution >= 4 is 28.8 Å². The van der Waals surface area contributed by atoms with Crippen LogP contribution in [0.1, 0.15) is 38.2 Å². The van der Waals surface area contributed by atoms with Crippen LogP contribution in [0.5, 0.6) is 0 Å². The highest BCUT2D eigenvalue weighted by Gasteiger charge is 2.23. The number of rotatable bonds is 5. The molecule has 4 rings (SSSR count). The molecule has 1 amide bonds. The second-order valence-electron chi connectivity index (χ2n) is 7.01. The molecule has 1 fully saturated rings. The lowest BCUT2D eigenvalue weighted by molar-refractivity contribution is -0.131. The Balaban J connectivity index is 1.56. The largest absolute Gasteiger partial charge is 0.501 e. The minimum atomic E-state index is 0.199. The van der Waals surface area contributed by atoms with E-state index in [1.54, 1.807) is 6.33 Å². The summed E-state index contributed by atoms with van der Waals surface area (Å²) in [6, 6.07) is 0.199. The standard InChI is InChI=1S/C20H25N5O2/c1-2-17(26)25-8-3-4-16(11-25)24-20-18-15(6-5-14-7-9-27-12-14)10-21-19(18)22-13-23-20/h5-6,10,12-13,16H,2-4,7-9,11H2,1H3,(H2,21,22,23,24)/b6-5+/t16-/m1/s1. The van der Waals surface area contributed by atoms with Crippen LogP contribution >= 0.6 is 0 Å². The fraction of sp³-hybridized carbons (Fsp3) is 0.450. The van der Waals surface area contributed by atoms with Crippen molar-refractivity contribution in [1.82, 2.24) is 19.9 Å². The average molecular weight is 367 g/mol. The molecule has 0 radical (unpaired) electrons. The van der Waals surface area contributed by atoms with E-state index in [0.717, 1.165) is 61.4 Å². The molecular formula is C20H25N5O2. The minimum Gasteiger partial charge on any atom is -0.501 e. The van der Waals surface area contributed by atoms with Gasteiger partial charge in [-0.25, -0.2) is 9.97 Å². The van der Waals surface area contributed by atoms with E-state index in [1.165, 1.54) is 5.57 Å². The van der Waals surface area contributed by atoms with Gasteiger partial charge < -0.3 is 19.9 Å². The number of allylic oxidation sites excluding steroid dienone is 1. The van der Waals surface area contributed by atoms with E-state index in [-0.39, 0.29) is 11.9 Å². The third-order valence-electron chi connectivity index (χ3n) is 5.14.